The van der Waals surface area contributed by atoms with Gasteiger partial charge in [0.2, 0.25) is 5.95 Å². The second-order valence-electron chi connectivity index (χ2n) is 9.58. The number of methoxy groups -OCH3 is 1. The number of aryl methyl sites for hydroxylation is 2. The lowest BCUT2D eigenvalue weighted by Gasteiger charge is -2.44. The Morgan fingerprint density at radius 1 is 1.24 bits per heavy atom. The summed E-state index contributed by atoms with van der Waals surface area (Å²) >= 11 is 1.50. The van der Waals surface area contributed by atoms with Crippen molar-refractivity contribution in [2.75, 3.05) is 12.4 Å². The molecule has 7 nitrogen and oxygen atoms in total. The van der Waals surface area contributed by atoms with Crippen LogP contribution in [-0.4, -0.2) is 33.1 Å². The normalized spacial score (nSPS) is 22.1. The lowest BCUT2D eigenvalue weighted by Crippen LogP contribution is -2.45. The summed E-state index contributed by atoms with van der Waals surface area (Å²) in [4.78, 5) is 26.5. The third-order valence-corrected chi connectivity index (χ3v) is 7.58. The Labute approximate surface area is 198 Å². The summed E-state index contributed by atoms with van der Waals surface area (Å²) in [6.45, 7) is 7.99. The van der Waals surface area contributed by atoms with Gasteiger partial charge in [0.1, 0.15) is 10.6 Å². The Bertz CT molecular complexity index is 1180. The minimum Gasteiger partial charge on any atom is -0.469 e. The van der Waals surface area contributed by atoms with Crippen molar-refractivity contribution < 1.29 is 14.6 Å². The number of aromatic nitrogens is 3. The van der Waals surface area contributed by atoms with Gasteiger partial charge in [0.05, 0.1) is 17.9 Å². The van der Waals surface area contributed by atoms with Crippen LogP contribution in [0, 0.1) is 25.2 Å². The van der Waals surface area contributed by atoms with Gasteiger partial charge in [-0.1, -0.05) is 19.9 Å². The van der Waals surface area contributed by atoms with E-state index in [4.69, 9.17) is 4.74 Å². The van der Waals surface area contributed by atoms with E-state index in [9.17, 15) is 9.90 Å². The molecule has 4 rings (SSSR count). The fraction of sp³-hybridized carbons (Fsp3) is 0.440. The molecule has 1 aliphatic rings. The topological polar surface area (TPSA) is 97.2 Å². The van der Waals surface area contributed by atoms with Gasteiger partial charge >= 0.3 is 5.97 Å². The molecule has 8 heteroatoms. The van der Waals surface area contributed by atoms with Gasteiger partial charge in [0.15, 0.2) is 0 Å². The summed E-state index contributed by atoms with van der Waals surface area (Å²) in [7, 11) is 1.42. The fourth-order valence-electron chi connectivity index (χ4n) is 4.76. The van der Waals surface area contributed by atoms with Crippen LogP contribution in [-0.2, 0) is 15.1 Å². The summed E-state index contributed by atoms with van der Waals surface area (Å²) in [5.41, 5.74) is 2.45. The molecule has 1 aromatic carbocycles. The average Bonchev–Trinajstić information content (AvgIpc) is 3.23. The molecule has 0 saturated heterocycles. The van der Waals surface area contributed by atoms with Crippen molar-refractivity contribution in [2.45, 2.75) is 52.6 Å². The number of hydrogen-bond donors (Lipinski definition) is 2. The van der Waals surface area contributed by atoms with Gasteiger partial charge in [0.25, 0.3) is 0 Å². The Morgan fingerprint density at radius 3 is 2.73 bits per heavy atom. The molecular weight excluding hydrogens is 436 g/mol. The molecule has 0 aliphatic heterocycles. The first kappa shape index (κ1) is 23.3. The van der Waals surface area contributed by atoms with Crippen molar-refractivity contribution in [1.29, 1.82) is 0 Å². The number of carbonyl (C=O) groups excluding carboxylic acids is 1. The molecule has 2 heterocycles. The van der Waals surface area contributed by atoms with E-state index >= 15 is 0 Å². The van der Waals surface area contributed by atoms with Crippen LogP contribution >= 0.6 is 11.3 Å². The van der Waals surface area contributed by atoms with Crippen LogP contribution in [0.5, 0.6) is 0 Å². The lowest BCUT2D eigenvalue weighted by molar-refractivity contribution is -0.157. The Balaban J connectivity index is 1.58. The average molecular weight is 467 g/mol. The molecule has 0 radical (unpaired) electrons. The van der Waals surface area contributed by atoms with Gasteiger partial charge in [-0.25, -0.2) is 15.0 Å². The maximum Gasteiger partial charge on any atom is 0.309 e. The van der Waals surface area contributed by atoms with Crippen molar-refractivity contribution in [3.8, 4) is 10.4 Å². The van der Waals surface area contributed by atoms with Crippen molar-refractivity contribution in [1.82, 2.24) is 15.0 Å². The van der Waals surface area contributed by atoms with Gasteiger partial charge in [0, 0.05) is 23.8 Å². The van der Waals surface area contributed by atoms with Crippen LogP contribution in [0.15, 0.2) is 36.7 Å². The van der Waals surface area contributed by atoms with Crippen LogP contribution in [0.25, 0.3) is 10.4 Å². The number of nitrogens with one attached hydrogen (secondary N) is 1. The number of thiazole rings is 1. The van der Waals surface area contributed by atoms with Crippen LogP contribution in [0.3, 0.4) is 0 Å². The van der Waals surface area contributed by atoms with Crippen molar-refractivity contribution in [3.63, 3.8) is 0 Å². The zero-order valence-corrected chi connectivity index (χ0v) is 20.5. The first-order chi connectivity index (χ1) is 15.6. The molecule has 0 bridgehead atoms. The number of hydrogen-bond acceptors (Lipinski definition) is 8. The predicted octanol–water partition coefficient (Wildman–Crippen LogP) is 5.15. The summed E-state index contributed by atoms with van der Waals surface area (Å²) < 4.78 is 4.98. The van der Waals surface area contributed by atoms with Crippen molar-refractivity contribution >= 4 is 28.9 Å². The van der Waals surface area contributed by atoms with E-state index in [1.807, 2.05) is 52.1 Å². The van der Waals surface area contributed by atoms with E-state index in [0.29, 0.717) is 30.2 Å². The smallest absolute Gasteiger partial charge is 0.309 e. The van der Waals surface area contributed by atoms with Crippen LogP contribution in [0.4, 0.5) is 11.6 Å². The number of rotatable bonds is 5. The Kier molecular flexibility index (Phi) is 6.24. The number of anilines is 2. The fourth-order valence-corrected chi connectivity index (χ4v) is 5.78. The molecule has 0 amide bonds. The zero-order valence-electron chi connectivity index (χ0n) is 19.7. The number of ether oxygens (including phenoxy) is 1. The lowest BCUT2D eigenvalue weighted by atomic mass is 9.63. The highest BCUT2D eigenvalue weighted by molar-refractivity contribution is 7.15. The molecule has 0 unspecified atom stereocenters. The highest BCUT2D eigenvalue weighted by atomic mass is 32.1. The predicted molar refractivity (Wildman–Crippen MR) is 129 cm³/mol. The first-order valence-corrected chi connectivity index (χ1v) is 11.9. The molecule has 1 aliphatic carbocycles. The minimum absolute atomic E-state index is 0.209. The minimum atomic E-state index is -1.06. The SMILES string of the molecule is COC(=O)[C@H]1CC[C@](O)(c2ncc(-c3cc(C)cc(Nc4nccc(C)n4)c3)s2)CC1(C)C. The van der Waals surface area contributed by atoms with E-state index in [2.05, 4.69) is 26.3 Å². The van der Waals surface area contributed by atoms with Crippen molar-refractivity contribution in [3.05, 3.63) is 52.9 Å². The molecule has 174 valence electrons. The molecule has 1 saturated carbocycles. The largest absolute Gasteiger partial charge is 0.469 e. The van der Waals surface area contributed by atoms with Crippen LogP contribution in [0.2, 0.25) is 0 Å². The van der Waals surface area contributed by atoms with Gasteiger partial charge in [-0.2, -0.15) is 0 Å². The third-order valence-electron chi connectivity index (χ3n) is 6.34. The molecule has 2 aromatic heterocycles. The maximum atomic E-state index is 12.2. The number of carbonyl (C=O) groups is 1. The monoisotopic (exact) mass is 466 g/mol. The standard InChI is InChI=1S/C25H30N4O3S/c1-15-10-17(12-18(11-15)29-23-26-9-7-16(2)28-23)20-13-27-22(33-20)25(31)8-6-19(21(30)32-5)24(3,4)14-25/h7,9-13,19,31H,6,8,14H2,1-5H3,(H,26,28,29)/t19-,25-/m1/s1. The molecule has 0 spiro atoms. The number of esters is 1. The second-order valence-corrected chi connectivity index (χ2v) is 10.6. The molecule has 2 N–H and O–H groups in total. The molecule has 33 heavy (non-hydrogen) atoms. The van der Waals surface area contributed by atoms with Gasteiger partial charge in [-0.05, 0) is 67.9 Å². The first-order valence-electron chi connectivity index (χ1n) is 11.0. The third kappa shape index (κ3) is 4.91. The van der Waals surface area contributed by atoms with Gasteiger partial charge < -0.3 is 15.2 Å². The summed E-state index contributed by atoms with van der Waals surface area (Å²) in [6.07, 6.45) is 5.06. The van der Waals surface area contributed by atoms with E-state index in [-0.39, 0.29) is 17.3 Å². The van der Waals surface area contributed by atoms with E-state index < -0.39 is 5.60 Å². The van der Waals surface area contributed by atoms with E-state index in [0.717, 1.165) is 27.4 Å². The van der Waals surface area contributed by atoms with Crippen molar-refractivity contribution in [2.24, 2.45) is 11.3 Å². The Morgan fingerprint density at radius 2 is 2.03 bits per heavy atom. The number of benzene rings is 1. The highest BCUT2D eigenvalue weighted by Gasteiger charge is 2.49. The summed E-state index contributed by atoms with van der Waals surface area (Å²) in [5.74, 6) is 0.117. The Hall–Kier alpha value is -2.84. The van der Waals surface area contributed by atoms with Crippen LogP contribution < -0.4 is 5.32 Å². The molecule has 3 aromatic rings. The molecular formula is C25H30N4O3S. The van der Waals surface area contributed by atoms with E-state index in [1.165, 1.54) is 18.4 Å². The van der Waals surface area contributed by atoms with Crippen LogP contribution in [0.1, 0.15) is 49.4 Å². The van der Waals surface area contributed by atoms with Gasteiger partial charge in [-0.3, -0.25) is 4.79 Å². The van der Waals surface area contributed by atoms with Gasteiger partial charge in [-0.15, -0.1) is 11.3 Å². The zero-order chi connectivity index (χ0) is 23.8. The number of nitrogens with zero attached hydrogens (tertiary/aromatic N) is 3. The maximum absolute atomic E-state index is 12.2. The highest BCUT2D eigenvalue weighted by Crippen LogP contribution is 2.51. The quantitative estimate of drug-likeness (QED) is 0.502. The molecule has 1 fully saturated rings. The summed E-state index contributed by atoms with van der Waals surface area (Å²) in [6, 6.07) is 8.04. The van der Waals surface area contributed by atoms with E-state index in [1.54, 1.807) is 6.20 Å². The second kappa shape index (κ2) is 8.83. The molecule has 2 atom stereocenters. The summed E-state index contributed by atoms with van der Waals surface area (Å²) in [5, 5.41) is 15.5. The number of aliphatic hydroxyl groups is 1.